The standard InChI is InChI=1S/C13H17N3O4/c1-3-15-9-5-4-6-10(12(9)13(14)19)16-11(18)7-20-8(2)17/h4-6,15H,3,7H2,1-2H3,(H2,14,19)(H,16,18). The van der Waals surface area contributed by atoms with Crippen LogP contribution in [0.15, 0.2) is 18.2 Å². The number of carbonyl (C=O) groups is 3. The topological polar surface area (TPSA) is 111 Å². The van der Waals surface area contributed by atoms with Crippen LogP contribution in [0.2, 0.25) is 0 Å². The first-order chi connectivity index (χ1) is 9.45. The number of rotatable bonds is 6. The van der Waals surface area contributed by atoms with Gasteiger partial charge in [-0.25, -0.2) is 0 Å². The molecular formula is C13H17N3O4. The molecule has 4 N–H and O–H groups in total. The molecule has 0 unspecified atom stereocenters. The van der Waals surface area contributed by atoms with E-state index in [4.69, 9.17) is 5.73 Å². The number of primary amides is 1. The van der Waals surface area contributed by atoms with Gasteiger partial charge in [-0.05, 0) is 19.1 Å². The zero-order valence-electron chi connectivity index (χ0n) is 11.4. The second kappa shape index (κ2) is 7.13. The van der Waals surface area contributed by atoms with Crippen molar-refractivity contribution in [1.29, 1.82) is 0 Å². The quantitative estimate of drug-likeness (QED) is 0.664. The zero-order chi connectivity index (χ0) is 15.1. The summed E-state index contributed by atoms with van der Waals surface area (Å²) in [5.41, 5.74) is 6.32. The molecule has 0 aliphatic heterocycles. The Morgan fingerprint density at radius 2 is 1.90 bits per heavy atom. The first-order valence-electron chi connectivity index (χ1n) is 6.05. The van der Waals surface area contributed by atoms with Gasteiger partial charge in [-0.2, -0.15) is 0 Å². The smallest absolute Gasteiger partial charge is 0.303 e. The highest BCUT2D eigenvalue weighted by atomic mass is 16.5. The fraction of sp³-hybridized carbons (Fsp3) is 0.308. The Balaban J connectivity index is 2.94. The fourth-order valence-corrected chi connectivity index (χ4v) is 1.61. The minimum absolute atomic E-state index is 0.186. The van der Waals surface area contributed by atoms with Crippen LogP contribution < -0.4 is 16.4 Å². The van der Waals surface area contributed by atoms with Crippen molar-refractivity contribution in [2.24, 2.45) is 5.73 Å². The monoisotopic (exact) mass is 279 g/mol. The highest BCUT2D eigenvalue weighted by Crippen LogP contribution is 2.24. The number of hydrogen-bond donors (Lipinski definition) is 3. The Bertz CT molecular complexity index is 528. The summed E-state index contributed by atoms with van der Waals surface area (Å²) >= 11 is 0. The van der Waals surface area contributed by atoms with Gasteiger partial charge in [-0.1, -0.05) is 6.07 Å². The van der Waals surface area contributed by atoms with Crippen molar-refractivity contribution >= 4 is 29.2 Å². The summed E-state index contributed by atoms with van der Waals surface area (Å²) < 4.78 is 4.57. The largest absolute Gasteiger partial charge is 0.456 e. The number of ether oxygens (including phenoxy) is 1. The van der Waals surface area contributed by atoms with Crippen molar-refractivity contribution in [3.8, 4) is 0 Å². The van der Waals surface area contributed by atoms with Gasteiger partial charge in [-0.3, -0.25) is 14.4 Å². The molecule has 0 saturated heterocycles. The summed E-state index contributed by atoms with van der Waals surface area (Å²) in [5.74, 6) is -1.77. The fourth-order valence-electron chi connectivity index (χ4n) is 1.61. The molecule has 0 aliphatic rings. The molecular weight excluding hydrogens is 262 g/mol. The maximum atomic E-state index is 11.6. The van der Waals surface area contributed by atoms with Gasteiger partial charge in [-0.15, -0.1) is 0 Å². The molecule has 2 amide bonds. The molecule has 0 fully saturated rings. The van der Waals surface area contributed by atoms with Gasteiger partial charge >= 0.3 is 5.97 Å². The highest BCUT2D eigenvalue weighted by molar-refractivity contribution is 6.07. The zero-order valence-corrected chi connectivity index (χ0v) is 11.4. The number of nitrogens with one attached hydrogen (secondary N) is 2. The first kappa shape index (κ1) is 15.5. The van der Waals surface area contributed by atoms with Gasteiger partial charge < -0.3 is 21.1 Å². The number of nitrogens with two attached hydrogens (primary N) is 1. The molecule has 0 heterocycles. The molecule has 0 spiro atoms. The Kier molecular flexibility index (Phi) is 5.52. The summed E-state index contributed by atoms with van der Waals surface area (Å²) in [6.45, 7) is 3.26. The van der Waals surface area contributed by atoms with Crippen LogP contribution in [0, 0.1) is 0 Å². The highest BCUT2D eigenvalue weighted by Gasteiger charge is 2.15. The van der Waals surface area contributed by atoms with Crippen molar-refractivity contribution in [3.05, 3.63) is 23.8 Å². The average Bonchev–Trinajstić information content (AvgIpc) is 2.36. The number of amides is 2. The van der Waals surface area contributed by atoms with E-state index in [9.17, 15) is 14.4 Å². The van der Waals surface area contributed by atoms with E-state index in [1.54, 1.807) is 18.2 Å². The van der Waals surface area contributed by atoms with Crippen molar-refractivity contribution in [2.75, 3.05) is 23.8 Å². The lowest BCUT2D eigenvalue weighted by Crippen LogP contribution is -2.23. The Hall–Kier alpha value is -2.57. The predicted octanol–water partition coefficient (Wildman–Crippen LogP) is 0.719. The summed E-state index contributed by atoms with van der Waals surface area (Å²) in [6, 6.07) is 4.91. The van der Waals surface area contributed by atoms with Gasteiger partial charge in [0.05, 0.1) is 11.3 Å². The number of anilines is 2. The normalized spacial score (nSPS) is 9.70. The predicted molar refractivity (Wildman–Crippen MR) is 74.4 cm³/mol. The number of esters is 1. The van der Waals surface area contributed by atoms with Crippen molar-refractivity contribution in [3.63, 3.8) is 0 Å². The number of carbonyl (C=O) groups excluding carboxylic acids is 3. The van der Waals surface area contributed by atoms with Crippen LogP contribution >= 0.6 is 0 Å². The van der Waals surface area contributed by atoms with E-state index < -0.39 is 24.4 Å². The molecule has 0 bridgehead atoms. The lowest BCUT2D eigenvalue weighted by atomic mass is 10.1. The lowest BCUT2D eigenvalue weighted by Gasteiger charge is -2.13. The van der Waals surface area contributed by atoms with E-state index in [2.05, 4.69) is 15.4 Å². The average molecular weight is 279 g/mol. The molecule has 1 aromatic rings. The molecule has 0 atom stereocenters. The second-order valence-corrected chi connectivity index (χ2v) is 3.95. The maximum absolute atomic E-state index is 11.6. The molecule has 0 radical (unpaired) electrons. The molecule has 0 aromatic heterocycles. The third kappa shape index (κ3) is 4.27. The third-order valence-electron chi connectivity index (χ3n) is 2.36. The van der Waals surface area contributed by atoms with Crippen LogP contribution in [0.5, 0.6) is 0 Å². The molecule has 7 nitrogen and oxygen atoms in total. The van der Waals surface area contributed by atoms with Crippen molar-refractivity contribution < 1.29 is 19.1 Å². The Morgan fingerprint density at radius 1 is 1.25 bits per heavy atom. The van der Waals surface area contributed by atoms with E-state index in [1.165, 1.54) is 6.92 Å². The molecule has 108 valence electrons. The summed E-state index contributed by atoms with van der Waals surface area (Å²) in [6.07, 6.45) is 0. The van der Waals surface area contributed by atoms with Gasteiger partial charge in [0.1, 0.15) is 0 Å². The van der Waals surface area contributed by atoms with Crippen LogP contribution in [-0.2, 0) is 14.3 Å². The van der Waals surface area contributed by atoms with Crippen LogP contribution in [0.4, 0.5) is 11.4 Å². The van der Waals surface area contributed by atoms with E-state index in [-0.39, 0.29) is 11.3 Å². The van der Waals surface area contributed by atoms with Gasteiger partial charge in [0.2, 0.25) is 0 Å². The minimum Gasteiger partial charge on any atom is -0.456 e. The van der Waals surface area contributed by atoms with E-state index >= 15 is 0 Å². The van der Waals surface area contributed by atoms with Crippen LogP contribution in [0.3, 0.4) is 0 Å². The second-order valence-electron chi connectivity index (χ2n) is 3.95. The maximum Gasteiger partial charge on any atom is 0.303 e. The molecule has 1 aromatic carbocycles. The van der Waals surface area contributed by atoms with E-state index in [1.807, 2.05) is 6.92 Å². The Morgan fingerprint density at radius 3 is 2.45 bits per heavy atom. The molecule has 7 heteroatoms. The summed E-state index contributed by atoms with van der Waals surface area (Å²) in [7, 11) is 0. The Labute approximate surface area is 116 Å². The summed E-state index contributed by atoms with van der Waals surface area (Å²) in [4.78, 5) is 33.7. The molecule has 1 rings (SSSR count). The van der Waals surface area contributed by atoms with Gasteiger partial charge in [0.15, 0.2) is 6.61 Å². The van der Waals surface area contributed by atoms with E-state index in [0.29, 0.717) is 12.2 Å². The molecule has 20 heavy (non-hydrogen) atoms. The van der Waals surface area contributed by atoms with Gasteiger partial charge in [0.25, 0.3) is 11.8 Å². The van der Waals surface area contributed by atoms with Crippen LogP contribution in [0.1, 0.15) is 24.2 Å². The van der Waals surface area contributed by atoms with Crippen molar-refractivity contribution in [2.45, 2.75) is 13.8 Å². The molecule has 0 saturated carbocycles. The lowest BCUT2D eigenvalue weighted by molar-refractivity contribution is -0.144. The van der Waals surface area contributed by atoms with E-state index in [0.717, 1.165) is 0 Å². The summed E-state index contributed by atoms with van der Waals surface area (Å²) in [5, 5.41) is 5.47. The first-order valence-corrected chi connectivity index (χ1v) is 6.05. The van der Waals surface area contributed by atoms with Crippen LogP contribution in [0.25, 0.3) is 0 Å². The molecule has 0 aliphatic carbocycles. The van der Waals surface area contributed by atoms with Crippen molar-refractivity contribution in [1.82, 2.24) is 0 Å². The van der Waals surface area contributed by atoms with Gasteiger partial charge in [0, 0.05) is 19.2 Å². The number of benzene rings is 1. The minimum atomic E-state index is -0.663. The SMILES string of the molecule is CCNc1cccc(NC(=O)COC(C)=O)c1C(N)=O. The number of hydrogen-bond acceptors (Lipinski definition) is 5. The van der Waals surface area contributed by atoms with Crippen LogP contribution in [-0.4, -0.2) is 30.9 Å². The third-order valence-corrected chi connectivity index (χ3v) is 2.36.